The molecule has 2 aromatic rings. The van der Waals surface area contributed by atoms with Gasteiger partial charge in [0, 0.05) is 56.6 Å². The number of benzene rings is 1. The van der Waals surface area contributed by atoms with Gasteiger partial charge in [-0.25, -0.2) is 9.37 Å². The molecule has 5 nitrogen and oxygen atoms in total. The highest BCUT2D eigenvalue weighted by atomic mass is 32.2. The monoisotopic (exact) mass is 421 g/mol. The molecule has 2 N–H and O–H groups in total. The second-order valence-corrected chi connectivity index (χ2v) is 9.06. The van der Waals surface area contributed by atoms with Crippen molar-refractivity contribution in [2.75, 3.05) is 32.4 Å². The molecule has 0 amide bonds. The Balaban J connectivity index is 1.30. The molecule has 0 saturated carbocycles. The standard InChI is InChI=1S/C20H28FN5S2/c1-22-19(23-9-2-13-27-20-24-10-14-28-20)25-18-7-11-26(12-8-18)15-16-3-5-17(21)6-4-16/h3-6,10,14,18H,2,7-9,11-13,15H2,1H3,(H2,22,23,25). The van der Waals surface area contributed by atoms with Crippen molar-refractivity contribution in [1.29, 1.82) is 0 Å². The predicted molar refractivity (Wildman–Crippen MR) is 117 cm³/mol. The Hall–Kier alpha value is -1.64. The first kappa shape index (κ1) is 21.1. The minimum atomic E-state index is -0.174. The summed E-state index contributed by atoms with van der Waals surface area (Å²) in [7, 11) is 1.82. The second-order valence-electron chi connectivity index (χ2n) is 6.82. The lowest BCUT2D eigenvalue weighted by molar-refractivity contribution is 0.198. The Morgan fingerprint density at radius 2 is 2.11 bits per heavy atom. The van der Waals surface area contributed by atoms with Gasteiger partial charge in [-0.1, -0.05) is 23.9 Å². The van der Waals surface area contributed by atoms with Crippen molar-refractivity contribution in [3.63, 3.8) is 0 Å². The van der Waals surface area contributed by atoms with Crippen LogP contribution in [0.5, 0.6) is 0 Å². The van der Waals surface area contributed by atoms with E-state index in [1.807, 2.05) is 30.8 Å². The van der Waals surface area contributed by atoms with Crippen LogP contribution in [0.3, 0.4) is 0 Å². The molecule has 2 heterocycles. The van der Waals surface area contributed by atoms with Crippen LogP contribution in [-0.4, -0.2) is 54.3 Å². The van der Waals surface area contributed by atoms with E-state index in [4.69, 9.17) is 0 Å². The van der Waals surface area contributed by atoms with Crippen molar-refractivity contribution in [1.82, 2.24) is 20.5 Å². The zero-order chi connectivity index (χ0) is 19.6. The molecule has 0 atom stereocenters. The van der Waals surface area contributed by atoms with Crippen LogP contribution >= 0.6 is 23.1 Å². The van der Waals surface area contributed by atoms with E-state index in [0.29, 0.717) is 6.04 Å². The van der Waals surface area contributed by atoms with E-state index in [1.54, 1.807) is 23.1 Å². The number of likely N-dealkylation sites (tertiary alicyclic amines) is 1. The molecule has 8 heteroatoms. The SMILES string of the molecule is CN=C(NCCCSc1nccs1)NC1CCN(Cc2ccc(F)cc2)CC1. The van der Waals surface area contributed by atoms with E-state index >= 15 is 0 Å². The number of piperidine rings is 1. The number of thiazole rings is 1. The van der Waals surface area contributed by atoms with Crippen molar-refractivity contribution >= 4 is 29.1 Å². The summed E-state index contributed by atoms with van der Waals surface area (Å²) < 4.78 is 14.2. The van der Waals surface area contributed by atoms with Gasteiger partial charge in [0.2, 0.25) is 0 Å². The van der Waals surface area contributed by atoms with Crippen LogP contribution in [0.15, 0.2) is 45.2 Å². The van der Waals surface area contributed by atoms with Gasteiger partial charge >= 0.3 is 0 Å². The molecule has 0 bridgehead atoms. The van der Waals surface area contributed by atoms with Crippen LogP contribution in [0, 0.1) is 5.82 Å². The van der Waals surface area contributed by atoms with Crippen LogP contribution in [0.1, 0.15) is 24.8 Å². The molecule has 1 fully saturated rings. The van der Waals surface area contributed by atoms with Crippen LogP contribution in [-0.2, 0) is 6.54 Å². The van der Waals surface area contributed by atoms with E-state index in [1.165, 1.54) is 17.7 Å². The van der Waals surface area contributed by atoms with E-state index in [0.717, 1.165) is 61.5 Å². The van der Waals surface area contributed by atoms with Gasteiger partial charge in [0.05, 0.1) is 0 Å². The number of aliphatic imine (C=N–C) groups is 1. The van der Waals surface area contributed by atoms with Gasteiger partial charge in [0.15, 0.2) is 5.96 Å². The molecule has 28 heavy (non-hydrogen) atoms. The van der Waals surface area contributed by atoms with Gasteiger partial charge in [0.25, 0.3) is 0 Å². The molecule has 1 aromatic carbocycles. The summed E-state index contributed by atoms with van der Waals surface area (Å²) >= 11 is 3.50. The minimum absolute atomic E-state index is 0.174. The van der Waals surface area contributed by atoms with Gasteiger partial charge < -0.3 is 10.6 Å². The van der Waals surface area contributed by atoms with Crippen molar-refractivity contribution in [3.05, 3.63) is 47.2 Å². The number of hydrogen-bond donors (Lipinski definition) is 2. The molecule has 152 valence electrons. The molecule has 1 aromatic heterocycles. The Morgan fingerprint density at radius 1 is 1.32 bits per heavy atom. The summed E-state index contributed by atoms with van der Waals surface area (Å²) in [5, 5.41) is 8.97. The summed E-state index contributed by atoms with van der Waals surface area (Å²) in [4.78, 5) is 11.1. The lowest BCUT2D eigenvalue weighted by Crippen LogP contribution is -2.48. The van der Waals surface area contributed by atoms with Gasteiger partial charge in [-0.2, -0.15) is 0 Å². The van der Waals surface area contributed by atoms with Crippen LogP contribution < -0.4 is 10.6 Å². The second kappa shape index (κ2) is 11.4. The summed E-state index contributed by atoms with van der Waals surface area (Å²) in [6.07, 6.45) is 5.09. The normalized spacial score (nSPS) is 16.3. The van der Waals surface area contributed by atoms with Crippen molar-refractivity contribution in [2.24, 2.45) is 4.99 Å². The first-order valence-corrected chi connectivity index (χ1v) is 11.6. The summed E-state index contributed by atoms with van der Waals surface area (Å²) in [5.74, 6) is 1.77. The third kappa shape index (κ3) is 7.07. The molecule has 1 aliphatic rings. The number of aromatic nitrogens is 1. The van der Waals surface area contributed by atoms with E-state index in [9.17, 15) is 4.39 Å². The summed E-state index contributed by atoms with van der Waals surface area (Å²) in [6, 6.07) is 7.26. The number of guanidine groups is 1. The molecular weight excluding hydrogens is 393 g/mol. The number of nitrogens with zero attached hydrogens (tertiary/aromatic N) is 3. The lowest BCUT2D eigenvalue weighted by atomic mass is 10.0. The quantitative estimate of drug-likeness (QED) is 0.295. The molecule has 0 aliphatic carbocycles. The van der Waals surface area contributed by atoms with Gasteiger partial charge in [-0.3, -0.25) is 9.89 Å². The Morgan fingerprint density at radius 3 is 2.79 bits per heavy atom. The van der Waals surface area contributed by atoms with E-state index in [2.05, 4.69) is 25.5 Å². The maximum atomic E-state index is 13.0. The maximum Gasteiger partial charge on any atom is 0.191 e. The fourth-order valence-corrected chi connectivity index (χ4v) is 4.84. The highest BCUT2D eigenvalue weighted by molar-refractivity contribution is 8.00. The number of rotatable bonds is 8. The topological polar surface area (TPSA) is 52.6 Å². The Kier molecular flexibility index (Phi) is 8.57. The largest absolute Gasteiger partial charge is 0.356 e. The molecule has 0 unspecified atom stereocenters. The zero-order valence-corrected chi connectivity index (χ0v) is 17.9. The van der Waals surface area contributed by atoms with E-state index in [-0.39, 0.29) is 5.82 Å². The smallest absolute Gasteiger partial charge is 0.191 e. The van der Waals surface area contributed by atoms with Crippen LogP contribution in [0.25, 0.3) is 0 Å². The molecule has 0 radical (unpaired) electrons. The van der Waals surface area contributed by atoms with Crippen molar-refractivity contribution in [3.8, 4) is 0 Å². The van der Waals surface area contributed by atoms with Crippen LogP contribution in [0.4, 0.5) is 4.39 Å². The van der Waals surface area contributed by atoms with Gasteiger partial charge in [-0.15, -0.1) is 11.3 Å². The summed E-state index contributed by atoms with van der Waals surface area (Å²) in [5.41, 5.74) is 1.17. The van der Waals surface area contributed by atoms with Gasteiger partial charge in [0.1, 0.15) is 10.2 Å². The average Bonchev–Trinajstić information content (AvgIpc) is 3.23. The summed E-state index contributed by atoms with van der Waals surface area (Å²) in [6.45, 7) is 3.87. The Labute approximate surface area is 174 Å². The first-order chi connectivity index (χ1) is 13.7. The number of hydrogen-bond acceptors (Lipinski definition) is 5. The average molecular weight is 422 g/mol. The predicted octanol–water partition coefficient (Wildman–Crippen LogP) is 3.59. The van der Waals surface area contributed by atoms with Crippen LogP contribution in [0.2, 0.25) is 0 Å². The van der Waals surface area contributed by atoms with Gasteiger partial charge in [-0.05, 0) is 37.0 Å². The fourth-order valence-electron chi connectivity index (χ4n) is 3.19. The molecule has 1 aliphatic heterocycles. The minimum Gasteiger partial charge on any atom is -0.356 e. The Bertz CT molecular complexity index is 713. The molecule has 1 saturated heterocycles. The molecule has 0 spiro atoms. The molecular formula is C20H28FN5S2. The van der Waals surface area contributed by atoms with Crippen molar-refractivity contribution < 1.29 is 4.39 Å². The fraction of sp³-hybridized carbons (Fsp3) is 0.500. The zero-order valence-electron chi connectivity index (χ0n) is 16.2. The first-order valence-electron chi connectivity index (χ1n) is 9.69. The third-order valence-corrected chi connectivity index (χ3v) is 6.77. The van der Waals surface area contributed by atoms with E-state index < -0.39 is 0 Å². The highest BCUT2D eigenvalue weighted by Crippen LogP contribution is 2.20. The number of halogens is 1. The third-order valence-electron chi connectivity index (χ3n) is 4.72. The van der Waals surface area contributed by atoms with Crippen molar-refractivity contribution in [2.45, 2.75) is 36.2 Å². The number of nitrogens with one attached hydrogen (secondary N) is 2. The maximum absolute atomic E-state index is 13.0. The highest BCUT2D eigenvalue weighted by Gasteiger charge is 2.20. The molecule has 3 rings (SSSR count). The lowest BCUT2D eigenvalue weighted by Gasteiger charge is -2.33. The number of thioether (sulfide) groups is 1.